The first-order valence-corrected chi connectivity index (χ1v) is 13.1. The van der Waals surface area contributed by atoms with Gasteiger partial charge in [-0.2, -0.15) is 18.1 Å². The Labute approximate surface area is 232 Å². The molecule has 0 saturated carbocycles. The number of aromatic nitrogens is 2. The zero-order valence-electron chi connectivity index (χ0n) is 23.1. The molecule has 0 atom stereocenters. The topological polar surface area (TPSA) is 79.8 Å². The molecule has 1 N–H and O–H groups in total. The normalized spacial score (nSPS) is 14.7. The van der Waals surface area contributed by atoms with Gasteiger partial charge in [0, 0.05) is 43.8 Å². The van der Waals surface area contributed by atoms with E-state index in [-0.39, 0.29) is 30.0 Å². The molecule has 11 heteroatoms. The van der Waals surface area contributed by atoms with Gasteiger partial charge >= 0.3 is 12.1 Å². The van der Waals surface area contributed by atoms with Crippen LogP contribution in [-0.2, 0) is 28.8 Å². The van der Waals surface area contributed by atoms with Gasteiger partial charge < -0.3 is 15.1 Å². The Bertz CT molecular complexity index is 1320. The van der Waals surface area contributed by atoms with Crippen molar-refractivity contribution in [1.82, 2.24) is 14.9 Å². The van der Waals surface area contributed by atoms with Crippen LogP contribution in [-0.4, -0.2) is 59.7 Å². The van der Waals surface area contributed by atoms with Gasteiger partial charge in [-0.3, -0.25) is 4.89 Å². The highest BCUT2D eigenvalue weighted by Crippen LogP contribution is 2.32. The van der Waals surface area contributed by atoms with Gasteiger partial charge in [0.05, 0.1) is 16.8 Å². The van der Waals surface area contributed by atoms with Gasteiger partial charge in [-0.1, -0.05) is 18.2 Å². The summed E-state index contributed by atoms with van der Waals surface area (Å²) in [5.74, 6) is -0.602. The van der Waals surface area contributed by atoms with E-state index in [1.54, 1.807) is 45.0 Å². The third kappa shape index (κ3) is 8.15. The van der Waals surface area contributed by atoms with Crippen LogP contribution in [0.15, 0.2) is 54.7 Å². The van der Waals surface area contributed by atoms with Crippen LogP contribution in [0.3, 0.4) is 0 Å². The van der Waals surface area contributed by atoms with E-state index in [9.17, 15) is 18.0 Å². The Hall–Kier alpha value is -3.70. The number of nitrogens with one attached hydrogen (secondary N) is 1. The molecule has 3 aromatic rings. The molecule has 1 saturated heterocycles. The molecule has 2 heterocycles. The summed E-state index contributed by atoms with van der Waals surface area (Å²) in [6, 6.07) is 14.2. The first-order chi connectivity index (χ1) is 18.9. The number of alkyl halides is 3. The van der Waals surface area contributed by atoms with Crippen LogP contribution in [0.4, 0.5) is 30.5 Å². The number of halogens is 3. The molecule has 1 fully saturated rings. The van der Waals surface area contributed by atoms with E-state index >= 15 is 0 Å². The van der Waals surface area contributed by atoms with Crippen molar-refractivity contribution in [2.24, 2.45) is 0 Å². The van der Waals surface area contributed by atoms with Gasteiger partial charge in [0.15, 0.2) is 0 Å². The molecular weight excluding hydrogens is 523 g/mol. The maximum atomic E-state index is 13.8. The highest BCUT2D eigenvalue weighted by molar-refractivity contribution is 5.89. The van der Waals surface area contributed by atoms with Crippen molar-refractivity contribution in [2.75, 3.05) is 43.4 Å². The van der Waals surface area contributed by atoms with E-state index in [2.05, 4.69) is 32.1 Å². The first-order valence-electron chi connectivity index (χ1n) is 13.1. The molecule has 40 heavy (non-hydrogen) atoms. The van der Waals surface area contributed by atoms with E-state index in [1.165, 1.54) is 0 Å². The van der Waals surface area contributed by atoms with Crippen LogP contribution >= 0.6 is 0 Å². The molecule has 0 amide bonds. The summed E-state index contributed by atoms with van der Waals surface area (Å²) in [4.78, 5) is 35.0. The highest BCUT2D eigenvalue weighted by atomic mass is 19.4. The van der Waals surface area contributed by atoms with Crippen molar-refractivity contribution in [3.63, 3.8) is 0 Å². The summed E-state index contributed by atoms with van der Waals surface area (Å²) in [5.41, 5.74) is 0.908. The molecular formula is C29H34F3N5O3. The first kappa shape index (κ1) is 29.3. The molecule has 0 bridgehead atoms. The lowest BCUT2D eigenvalue weighted by atomic mass is 10.0. The predicted octanol–water partition coefficient (Wildman–Crippen LogP) is 5.66. The molecule has 0 aliphatic carbocycles. The van der Waals surface area contributed by atoms with E-state index in [0.29, 0.717) is 11.3 Å². The Morgan fingerprint density at radius 3 is 2.42 bits per heavy atom. The van der Waals surface area contributed by atoms with Gasteiger partial charge in [-0.15, -0.1) is 0 Å². The Morgan fingerprint density at radius 1 is 1.00 bits per heavy atom. The molecule has 2 aromatic carbocycles. The lowest BCUT2D eigenvalue weighted by Gasteiger charge is -2.34. The van der Waals surface area contributed by atoms with Crippen molar-refractivity contribution in [1.29, 1.82) is 0 Å². The van der Waals surface area contributed by atoms with Gasteiger partial charge in [0.25, 0.3) is 0 Å². The summed E-state index contributed by atoms with van der Waals surface area (Å²) in [6.45, 7) is 8.92. The molecule has 8 nitrogen and oxygen atoms in total. The predicted molar refractivity (Wildman–Crippen MR) is 147 cm³/mol. The average Bonchev–Trinajstić information content (AvgIpc) is 2.90. The van der Waals surface area contributed by atoms with Crippen molar-refractivity contribution in [3.8, 4) is 0 Å². The fourth-order valence-corrected chi connectivity index (χ4v) is 4.21. The summed E-state index contributed by atoms with van der Waals surface area (Å²) in [7, 11) is 2.09. The van der Waals surface area contributed by atoms with E-state index in [0.717, 1.165) is 38.1 Å². The number of nitrogens with zero attached hydrogens (tertiary/aromatic N) is 4. The monoisotopic (exact) mass is 557 g/mol. The summed E-state index contributed by atoms with van der Waals surface area (Å²) < 4.78 is 41.4. The third-order valence-electron chi connectivity index (χ3n) is 6.32. The van der Waals surface area contributed by atoms with Crippen LogP contribution in [0.5, 0.6) is 0 Å². The summed E-state index contributed by atoms with van der Waals surface area (Å²) in [5, 5.41) is 3.06. The number of hydrogen-bond donors (Lipinski definition) is 1. The fourth-order valence-electron chi connectivity index (χ4n) is 4.21. The van der Waals surface area contributed by atoms with Crippen molar-refractivity contribution in [2.45, 2.75) is 45.4 Å². The minimum absolute atomic E-state index is 0.00955. The van der Waals surface area contributed by atoms with Crippen LogP contribution < -0.4 is 10.2 Å². The minimum Gasteiger partial charge on any atom is -0.369 e. The lowest BCUT2D eigenvalue weighted by Crippen LogP contribution is -2.44. The number of piperazine rings is 1. The maximum absolute atomic E-state index is 13.8. The molecule has 0 unspecified atom stereocenters. The lowest BCUT2D eigenvalue weighted by molar-refractivity contribution is -0.301. The van der Waals surface area contributed by atoms with Gasteiger partial charge in [-0.05, 0) is 76.6 Å². The van der Waals surface area contributed by atoms with Gasteiger partial charge in [0.2, 0.25) is 5.95 Å². The van der Waals surface area contributed by atoms with E-state index in [1.807, 2.05) is 24.3 Å². The number of rotatable bonds is 8. The zero-order chi connectivity index (χ0) is 28.9. The second kappa shape index (κ2) is 12.2. The number of aryl methyl sites for hydroxylation is 2. The smallest absolute Gasteiger partial charge is 0.369 e. The van der Waals surface area contributed by atoms with Crippen LogP contribution in [0.2, 0.25) is 0 Å². The average molecular weight is 558 g/mol. The fraction of sp³-hybridized carbons (Fsp3) is 0.414. The van der Waals surface area contributed by atoms with Crippen molar-refractivity contribution >= 4 is 23.3 Å². The standard InChI is InChI=1S/C29H34F3N5O3/c1-28(2,3)40-39-26(38)21-8-5-7-20(17-21)11-12-25-24(29(30,31)32)19-33-27(35-25)34-22-9-6-10-23(18-22)37-15-13-36(4)14-16-37/h5-10,17-19H,11-16H2,1-4H3,(H,33,34,35). The highest BCUT2D eigenvalue weighted by Gasteiger charge is 2.35. The molecule has 0 spiro atoms. The molecule has 4 rings (SSSR count). The van der Waals surface area contributed by atoms with Crippen molar-refractivity contribution < 1.29 is 27.7 Å². The molecule has 1 aliphatic rings. The minimum atomic E-state index is -4.61. The quantitative estimate of drug-likeness (QED) is 0.281. The zero-order valence-corrected chi connectivity index (χ0v) is 23.1. The Kier molecular flexibility index (Phi) is 8.95. The summed E-state index contributed by atoms with van der Waals surface area (Å²) >= 11 is 0. The van der Waals surface area contributed by atoms with E-state index < -0.39 is 23.3 Å². The van der Waals surface area contributed by atoms with Crippen molar-refractivity contribution in [3.05, 3.63) is 77.1 Å². The number of carbonyl (C=O) groups excluding carboxylic acids is 1. The Morgan fingerprint density at radius 2 is 1.73 bits per heavy atom. The van der Waals surface area contributed by atoms with Crippen LogP contribution in [0, 0.1) is 0 Å². The second-order valence-corrected chi connectivity index (χ2v) is 10.8. The number of anilines is 3. The molecule has 0 radical (unpaired) electrons. The van der Waals surface area contributed by atoms with Gasteiger partial charge in [0.1, 0.15) is 5.60 Å². The molecule has 1 aromatic heterocycles. The van der Waals surface area contributed by atoms with Crippen LogP contribution in [0.1, 0.15) is 48.0 Å². The number of benzene rings is 2. The number of likely N-dealkylation sites (N-methyl/N-ethyl adjacent to an activating group) is 1. The maximum Gasteiger partial charge on any atom is 0.419 e. The van der Waals surface area contributed by atoms with Gasteiger partial charge in [-0.25, -0.2) is 14.8 Å². The largest absolute Gasteiger partial charge is 0.419 e. The second-order valence-electron chi connectivity index (χ2n) is 10.8. The van der Waals surface area contributed by atoms with E-state index in [4.69, 9.17) is 9.78 Å². The number of carbonyl (C=O) groups is 1. The Balaban J connectivity index is 1.49. The van der Waals surface area contributed by atoms with Crippen LogP contribution in [0.25, 0.3) is 0 Å². The summed E-state index contributed by atoms with van der Waals surface area (Å²) in [6.07, 6.45) is -3.58. The number of hydrogen-bond acceptors (Lipinski definition) is 8. The third-order valence-corrected chi connectivity index (χ3v) is 6.32. The SMILES string of the molecule is CN1CCN(c2cccc(Nc3ncc(C(F)(F)F)c(CCc4cccc(C(=O)OOC(C)(C)C)c4)n3)c2)CC1. The molecule has 214 valence electrons. The molecule has 1 aliphatic heterocycles.